The van der Waals surface area contributed by atoms with Crippen molar-refractivity contribution in [2.75, 3.05) is 13.1 Å². The van der Waals surface area contributed by atoms with Crippen LogP contribution in [0.25, 0.3) is 0 Å². The van der Waals surface area contributed by atoms with Gasteiger partial charge in [0.1, 0.15) is 16.7 Å². The van der Waals surface area contributed by atoms with Crippen LogP contribution in [0.4, 0.5) is 0 Å². The van der Waals surface area contributed by atoms with Crippen LogP contribution in [0.3, 0.4) is 0 Å². The van der Waals surface area contributed by atoms with Crippen LogP contribution in [-0.2, 0) is 10.0 Å². The van der Waals surface area contributed by atoms with E-state index in [0.717, 1.165) is 0 Å². The molecule has 0 N–H and O–H groups in total. The van der Waals surface area contributed by atoms with Gasteiger partial charge in [-0.1, -0.05) is 32.9 Å². The Labute approximate surface area is 115 Å². The van der Waals surface area contributed by atoms with E-state index in [1.807, 2.05) is 27.7 Å². The zero-order valence-corrected chi connectivity index (χ0v) is 12.7. The van der Waals surface area contributed by atoms with Gasteiger partial charge in [0.05, 0.1) is 6.54 Å². The van der Waals surface area contributed by atoms with Gasteiger partial charge in [-0.3, -0.25) is 0 Å². The molecule has 0 saturated heterocycles. The van der Waals surface area contributed by atoms with Gasteiger partial charge in [0, 0.05) is 6.54 Å². The average Bonchev–Trinajstić information content (AvgIpc) is 2.34. The molecule has 0 radical (unpaired) electrons. The summed E-state index contributed by atoms with van der Waals surface area (Å²) in [7, 11) is -3.48. The van der Waals surface area contributed by atoms with Crippen molar-refractivity contribution in [1.29, 1.82) is 0 Å². The van der Waals surface area contributed by atoms with E-state index in [-0.39, 0.29) is 16.4 Å². The number of rotatable bonds is 1. The maximum Gasteiger partial charge on any atom is 0.246 e. The van der Waals surface area contributed by atoms with Crippen molar-refractivity contribution in [2.24, 2.45) is 5.41 Å². The second-order valence-electron chi connectivity index (χ2n) is 6.23. The summed E-state index contributed by atoms with van der Waals surface area (Å²) < 4.78 is 32.6. The highest BCUT2D eigenvalue weighted by Gasteiger charge is 2.35. The van der Waals surface area contributed by atoms with Gasteiger partial charge in [0.15, 0.2) is 0 Å². The highest BCUT2D eigenvalue weighted by molar-refractivity contribution is 7.89. The first kappa shape index (κ1) is 14.3. The quantitative estimate of drug-likeness (QED) is 0.795. The van der Waals surface area contributed by atoms with Crippen molar-refractivity contribution in [1.82, 2.24) is 4.31 Å². The van der Waals surface area contributed by atoms with Crippen LogP contribution >= 0.6 is 0 Å². The SMILES string of the molecule is CC1CN(CC(C)(C)C)S(=O)(=O)c2ccccc2O1. The molecule has 0 amide bonds. The third kappa shape index (κ3) is 3.09. The molecule has 0 fully saturated rings. The van der Waals surface area contributed by atoms with Crippen LogP contribution in [0, 0.1) is 5.41 Å². The predicted molar refractivity (Wildman–Crippen MR) is 74.7 cm³/mol. The molecule has 0 saturated carbocycles. The Morgan fingerprint density at radius 3 is 2.58 bits per heavy atom. The van der Waals surface area contributed by atoms with Crippen LogP contribution < -0.4 is 4.74 Å². The smallest absolute Gasteiger partial charge is 0.246 e. The van der Waals surface area contributed by atoms with E-state index in [1.165, 1.54) is 4.31 Å². The lowest BCUT2D eigenvalue weighted by Crippen LogP contribution is -2.41. The van der Waals surface area contributed by atoms with Crippen molar-refractivity contribution >= 4 is 10.0 Å². The zero-order valence-electron chi connectivity index (χ0n) is 11.9. The van der Waals surface area contributed by atoms with Gasteiger partial charge in [-0.2, -0.15) is 4.31 Å². The first-order valence-corrected chi connectivity index (χ1v) is 7.90. The number of hydrogen-bond acceptors (Lipinski definition) is 3. The van der Waals surface area contributed by atoms with E-state index in [2.05, 4.69) is 0 Å². The number of hydrogen-bond donors (Lipinski definition) is 0. The largest absolute Gasteiger partial charge is 0.488 e. The van der Waals surface area contributed by atoms with E-state index < -0.39 is 10.0 Å². The van der Waals surface area contributed by atoms with Gasteiger partial charge in [0.2, 0.25) is 10.0 Å². The van der Waals surface area contributed by atoms with Gasteiger partial charge in [-0.25, -0.2) is 8.42 Å². The Morgan fingerprint density at radius 2 is 1.95 bits per heavy atom. The summed E-state index contributed by atoms with van der Waals surface area (Å²) in [5, 5.41) is 0. The molecule has 19 heavy (non-hydrogen) atoms. The molecule has 1 aromatic rings. The van der Waals surface area contributed by atoms with Crippen molar-refractivity contribution in [3.8, 4) is 5.75 Å². The minimum atomic E-state index is -3.48. The number of ether oxygens (including phenoxy) is 1. The lowest BCUT2D eigenvalue weighted by Gasteiger charge is -2.28. The second-order valence-corrected chi connectivity index (χ2v) is 8.14. The normalized spacial score (nSPS) is 23.3. The Hall–Kier alpha value is -1.07. The van der Waals surface area contributed by atoms with Gasteiger partial charge in [-0.05, 0) is 24.5 Å². The summed E-state index contributed by atoms with van der Waals surface area (Å²) in [4.78, 5) is 0.267. The molecular weight excluding hydrogens is 262 g/mol. The number of sulfonamides is 1. The number of nitrogens with zero attached hydrogens (tertiary/aromatic N) is 1. The molecule has 2 rings (SSSR count). The predicted octanol–water partition coefficient (Wildman–Crippen LogP) is 2.50. The van der Waals surface area contributed by atoms with E-state index in [1.54, 1.807) is 24.3 Å². The van der Waals surface area contributed by atoms with Gasteiger partial charge in [-0.15, -0.1) is 0 Å². The van der Waals surface area contributed by atoms with E-state index in [9.17, 15) is 8.42 Å². The van der Waals surface area contributed by atoms with Crippen LogP contribution in [0.2, 0.25) is 0 Å². The molecule has 4 nitrogen and oxygen atoms in total. The number of benzene rings is 1. The first-order valence-electron chi connectivity index (χ1n) is 6.46. The summed E-state index contributed by atoms with van der Waals surface area (Å²) in [5.74, 6) is 0.450. The standard InChI is InChI=1S/C14H21NO3S/c1-11-9-15(10-14(2,3)4)19(16,17)13-8-6-5-7-12(13)18-11/h5-8,11H,9-10H2,1-4H3. The van der Waals surface area contributed by atoms with E-state index in [0.29, 0.717) is 18.8 Å². The van der Waals surface area contributed by atoms with Crippen molar-refractivity contribution in [3.63, 3.8) is 0 Å². The highest BCUT2D eigenvalue weighted by atomic mass is 32.2. The van der Waals surface area contributed by atoms with Crippen LogP contribution in [0.5, 0.6) is 5.75 Å². The number of fused-ring (bicyclic) bond motifs is 1. The van der Waals surface area contributed by atoms with Gasteiger partial charge in [0.25, 0.3) is 0 Å². The molecule has 0 spiro atoms. The third-order valence-corrected chi connectivity index (χ3v) is 4.76. The molecule has 1 aromatic carbocycles. The topological polar surface area (TPSA) is 46.6 Å². The van der Waals surface area contributed by atoms with Gasteiger partial charge >= 0.3 is 0 Å². The minimum Gasteiger partial charge on any atom is -0.488 e. The average molecular weight is 283 g/mol. The summed E-state index contributed by atoms with van der Waals surface area (Å²) in [6, 6.07) is 6.84. The zero-order chi connectivity index (χ0) is 14.3. The van der Waals surface area contributed by atoms with Crippen LogP contribution in [-0.4, -0.2) is 31.9 Å². The summed E-state index contributed by atoms with van der Waals surface area (Å²) in [5.41, 5.74) is -0.0912. The van der Waals surface area contributed by atoms with E-state index >= 15 is 0 Å². The third-order valence-electron chi connectivity index (χ3n) is 2.91. The molecule has 1 aliphatic heterocycles. The Kier molecular flexibility index (Phi) is 3.62. The fourth-order valence-corrected chi connectivity index (χ4v) is 4.08. The molecule has 1 atom stereocenters. The molecular formula is C14H21NO3S. The van der Waals surface area contributed by atoms with Crippen LogP contribution in [0.1, 0.15) is 27.7 Å². The first-order chi connectivity index (χ1) is 8.70. The fourth-order valence-electron chi connectivity index (χ4n) is 2.22. The molecule has 0 bridgehead atoms. The Balaban J connectivity index is 2.48. The van der Waals surface area contributed by atoms with Gasteiger partial charge < -0.3 is 4.74 Å². The fraction of sp³-hybridized carbons (Fsp3) is 0.571. The summed E-state index contributed by atoms with van der Waals surface area (Å²) in [6.45, 7) is 8.86. The summed E-state index contributed by atoms with van der Waals surface area (Å²) in [6.07, 6.45) is -0.152. The maximum atomic E-state index is 12.7. The lowest BCUT2D eigenvalue weighted by atomic mass is 9.97. The Morgan fingerprint density at radius 1 is 1.32 bits per heavy atom. The molecule has 1 unspecified atom stereocenters. The van der Waals surface area contributed by atoms with Crippen molar-refractivity contribution in [2.45, 2.75) is 38.7 Å². The molecule has 0 aromatic heterocycles. The van der Waals surface area contributed by atoms with Crippen LogP contribution in [0.15, 0.2) is 29.2 Å². The lowest BCUT2D eigenvalue weighted by molar-refractivity contribution is 0.174. The van der Waals surface area contributed by atoms with E-state index in [4.69, 9.17) is 4.74 Å². The number of para-hydroxylation sites is 1. The molecule has 1 heterocycles. The maximum absolute atomic E-state index is 12.7. The highest BCUT2D eigenvalue weighted by Crippen LogP contribution is 2.32. The monoisotopic (exact) mass is 283 g/mol. The molecule has 0 aliphatic carbocycles. The second kappa shape index (κ2) is 4.80. The molecule has 5 heteroatoms. The summed E-state index contributed by atoms with van der Waals surface area (Å²) >= 11 is 0. The minimum absolute atomic E-state index is 0.0912. The Bertz CT molecular complexity index is 560. The molecule has 106 valence electrons. The van der Waals surface area contributed by atoms with Crippen molar-refractivity contribution < 1.29 is 13.2 Å². The van der Waals surface area contributed by atoms with Crippen molar-refractivity contribution in [3.05, 3.63) is 24.3 Å². The molecule has 1 aliphatic rings.